The van der Waals surface area contributed by atoms with E-state index in [1.165, 1.54) is 12.1 Å². The van der Waals surface area contributed by atoms with Crippen molar-refractivity contribution in [2.75, 3.05) is 6.61 Å². The van der Waals surface area contributed by atoms with Crippen molar-refractivity contribution >= 4 is 5.91 Å². The Morgan fingerprint density at radius 2 is 1.75 bits per heavy atom. The predicted octanol–water partition coefficient (Wildman–Crippen LogP) is 3.34. The molecule has 132 valence electrons. The minimum absolute atomic E-state index is 0.0220. The lowest BCUT2D eigenvalue weighted by molar-refractivity contribution is -0.136. The zero-order valence-electron chi connectivity index (χ0n) is 13.6. The van der Waals surface area contributed by atoms with Gasteiger partial charge in [-0.05, 0) is 44.9 Å². The van der Waals surface area contributed by atoms with Gasteiger partial charge in [-0.15, -0.1) is 0 Å². The minimum atomic E-state index is -0.640. The van der Waals surface area contributed by atoms with E-state index in [1.54, 1.807) is 0 Å². The molecule has 1 atom stereocenters. The zero-order chi connectivity index (χ0) is 16.9. The number of hydrogen-bond acceptors (Lipinski definition) is 3. The Balaban J connectivity index is 1.44. The summed E-state index contributed by atoms with van der Waals surface area (Å²) in [5.74, 6) is -1.08. The molecule has 2 aliphatic rings. The largest absolute Gasteiger partial charge is 0.490 e. The van der Waals surface area contributed by atoms with E-state index < -0.39 is 11.6 Å². The van der Waals surface area contributed by atoms with Crippen LogP contribution < -0.4 is 10.1 Å². The second-order valence-corrected chi connectivity index (χ2v) is 6.56. The lowest BCUT2D eigenvalue weighted by Crippen LogP contribution is -2.45. The first-order chi connectivity index (χ1) is 11.6. The van der Waals surface area contributed by atoms with E-state index in [-0.39, 0.29) is 29.9 Å². The third kappa shape index (κ3) is 4.66. The van der Waals surface area contributed by atoms with Gasteiger partial charge in [-0.2, -0.15) is 0 Å². The van der Waals surface area contributed by atoms with E-state index in [0.29, 0.717) is 6.61 Å². The first-order valence-corrected chi connectivity index (χ1v) is 8.65. The first kappa shape index (κ1) is 17.1. The number of carbonyl (C=O) groups is 1. The van der Waals surface area contributed by atoms with Crippen molar-refractivity contribution in [2.45, 2.75) is 63.2 Å². The highest BCUT2D eigenvalue weighted by Gasteiger charge is 2.27. The van der Waals surface area contributed by atoms with E-state index in [9.17, 15) is 13.6 Å². The van der Waals surface area contributed by atoms with Crippen molar-refractivity contribution in [3.8, 4) is 5.75 Å². The number of halogens is 2. The van der Waals surface area contributed by atoms with Gasteiger partial charge in [0, 0.05) is 30.8 Å². The van der Waals surface area contributed by atoms with Crippen LogP contribution in [0, 0.1) is 11.6 Å². The summed E-state index contributed by atoms with van der Waals surface area (Å²) in [6, 6.07) is 3.33. The lowest BCUT2D eigenvalue weighted by Gasteiger charge is -2.31. The van der Waals surface area contributed by atoms with Crippen LogP contribution in [0.2, 0.25) is 0 Å². The summed E-state index contributed by atoms with van der Waals surface area (Å²) in [6.07, 6.45) is 5.52. The molecule has 0 bridgehead atoms. The molecule has 1 saturated heterocycles. The molecule has 1 saturated carbocycles. The number of benzene rings is 1. The summed E-state index contributed by atoms with van der Waals surface area (Å²) in [6.45, 7) is 0.656. The van der Waals surface area contributed by atoms with E-state index in [0.717, 1.165) is 51.0 Å². The highest BCUT2D eigenvalue weighted by molar-refractivity contribution is 5.81. The van der Waals surface area contributed by atoms with Gasteiger partial charge in [-0.3, -0.25) is 4.79 Å². The van der Waals surface area contributed by atoms with Gasteiger partial charge in [0.25, 0.3) is 0 Å². The van der Waals surface area contributed by atoms with Crippen molar-refractivity contribution in [3.63, 3.8) is 0 Å². The molecule has 6 heteroatoms. The average Bonchev–Trinajstić information content (AvgIpc) is 2.56. The van der Waals surface area contributed by atoms with Crippen LogP contribution in [0.3, 0.4) is 0 Å². The Kier molecular flexibility index (Phi) is 5.66. The van der Waals surface area contributed by atoms with Crippen LogP contribution in [0.1, 0.15) is 44.9 Å². The molecule has 0 spiro atoms. The number of carbonyl (C=O) groups excluding carboxylic acids is 1. The predicted molar refractivity (Wildman–Crippen MR) is 84.8 cm³/mol. The molecule has 1 heterocycles. The Labute approximate surface area is 140 Å². The summed E-state index contributed by atoms with van der Waals surface area (Å²) in [5, 5.41) is 3.05. The van der Waals surface area contributed by atoms with Crippen LogP contribution in [0.4, 0.5) is 8.78 Å². The Hall–Kier alpha value is -1.69. The van der Waals surface area contributed by atoms with Crippen LogP contribution in [0.25, 0.3) is 0 Å². The first-order valence-electron chi connectivity index (χ1n) is 8.65. The van der Waals surface area contributed by atoms with Crippen molar-refractivity contribution in [2.24, 2.45) is 0 Å². The van der Waals surface area contributed by atoms with Gasteiger partial charge in [0.1, 0.15) is 23.5 Å². The van der Waals surface area contributed by atoms with Crippen LogP contribution in [-0.2, 0) is 9.53 Å². The molecule has 0 radical (unpaired) electrons. The van der Waals surface area contributed by atoms with Crippen molar-refractivity contribution in [1.29, 1.82) is 0 Å². The monoisotopic (exact) mass is 339 g/mol. The fourth-order valence-corrected chi connectivity index (χ4v) is 3.36. The molecular weight excluding hydrogens is 316 g/mol. The topological polar surface area (TPSA) is 47.6 Å². The molecule has 1 aliphatic heterocycles. The quantitative estimate of drug-likeness (QED) is 0.915. The van der Waals surface area contributed by atoms with Gasteiger partial charge < -0.3 is 14.8 Å². The second kappa shape index (κ2) is 7.92. The maximum Gasteiger partial charge on any atom is 0.249 e. The smallest absolute Gasteiger partial charge is 0.249 e. The van der Waals surface area contributed by atoms with Crippen LogP contribution in [0.5, 0.6) is 5.75 Å². The number of amides is 1. The van der Waals surface area contributed by atoms with Crippen LogP contribution in [0.15, 0.2) is 18.2 Å². The van der Waals surface area contributed by atoms with Crippen molar-refractivity contribution < 1.29 is 23.0 Å². The maximum atomic E-state index is 13.2. The Bertz CT molecular complexity index is 547. The SMILES string of the molecule is O=C(NC1CCC(Oc2cc(F)cc(F)c2)CC1)C1CCCCO1. The van der Waals surface area contributed by atoms with Gasteiger partial charge in [0.15, 0.2) is 0 Å². The summed E-state index contributed by atoms with van der Waals surface area (Å²) >= 11 is 0. The maximum absolute atomic E-state index is 13.2. The molecule has 4 nitrogen and oxygen atoms in total. The average molecular weight is 339 g/mol. The van der Waals surface area contributed by atoms with Gasteiger partial charge >= 0.3 is 0 Å². The third-order valence-corrected chi connectivity index (χ3v) is 4.63. The molecule has 1 aliphatic carbocycles. The van der Waals surface area contributed by atoms with Gasteiger partial charge in [0.05, 0.1) is 6.10 Å². The second-order valence-electron chi connectivity index (χ2n) is 6.56. The Morgan fingerprint density at radius 3 is 2.38 bits per heavy atom. The van der Waals surface area contributed by atoms with Crippen LogP contribution >= 0.6 is 0 Å². The molecular formula is C18H23F2NO3. The summed E-state index contributed by atoms with van der Waals surface area (Å²) < 4.78 is 37.5. The molecule has 0 aromatic heterocycles. The summed E-state index contributed by atoms with van der Waals surface area (Å²) in [7, 11) is 0. The normalized spacial score (nSPS) is 27.5. The lowest BCUT2D eigenvalue weighted by atomic mass is 9.92. The van der Waals surface area contributed by atoms with Gasteiger partial charge in [-0.25, -0.2) is 8.78 Å². The van der Waals surface area contributed by atoms with E-state index in [1.807, 2.05) is 0 Å². The molecule has 1 aromatic rings. The number of ether oxygens (including phenoxy) is 2. The fraction of sp³-hybridized carbons (Fsp3) is 0.611. The highest BCUT2D eigenvalue weighted by Crippen LogP contribution is 2.25. The molecule has 1 N–H and O–H groups in total. The van der Waals surface area contributed by atoms with Crippen molar-refractivity contribution in [1.82, 2.24) is 5.32 Å². The molecule has 24 heavy (non-hydrogen) atoms. The molecule has 3 rings (SSSR count). The number of hydrogen-bond donors (Lipinski definition) is 1. The summed E-state index contributed by atoms with van der Waals surface area (Å²) in [5.41, 5.74) is 0. The third-order valence-electron chi connectivity index (χ3n) is 4.63. The summed E-state index contributed by atoms with van der Waals surface area (Å²) in [4.78, 5) is 12.2. The van der Waals surface area contributed by atoms with E-state index >= 15 is 0 Å². The Morgan fingerprint density at radius 1 is 1.04 bits per heavy atom. The standard InChI is InChI=1S/C18H23F2NO3/c19-12-9-13(20)11-16(10-12)24-15-6-4-14(5-7-15)21-18(22)17-3-1-2-8-23-17/h9-11,14-15,17H,1-8H2,(H,21,22). The number of nitrogens with one attached hydrogen (secondary N) is 1. The zero-order valence-corrected chi connectivity index (χ0v) is 13.6. The highest BCUT2D eigenvalue weighted by atomic mass is 19.1. The molecule has 2 fully saturated rings. The van der Waals surface area contributed by atoms with E-state index in [2.05, 4.69) is 5.32 Å². The number of rotatable bonds is 4. The van der Waals surface area contributed by atoms with E-state index in [4.69, 9.17) is 9.47 Å². The minimum Gasteiger partial charge on any atom is -0.490 e. The molecule has 1 aromatic carbocycles. The fourth-order valence-electron chi connectivity index (χ4n) is 3.36. The molecule has 1 amide bonds. The van der Waals surface area contributed by atoms with Crippen LogP contribution in [-0.4, -0.2) is 30.8 Å². The van der Waals surface area contributed by atoms with Crippen molar-refractivity contribution in [3.05, 3.63) is 29.8 Å². The molecule has 1 unspecified atom stereocenters. The van der Waals surface area contributed by atoms with Gasteiger partial charge in [-0.1, -0.05) is 0 Å². The van der Waals surface area contributed by atoms with Gasteiger partial charge in [0.2, 0.25) is 5.91 Å².